The monoisotopic (exact) mass is 275 g/mol. The molecule has 0 aliphatic carbocycles. The number of hydrogen-bond donors (Lipinski definition) is 1. The molecular weight excluding hydrogens is 250 g/mol. The van der Waals surface area contributed by atoms with Crippen molar-refractivity contribution in [2.75, 3.05) is 26.7 Å². The Morgan fingerprint density at radius 2 is 1.85 bits per heavy atom. The standard InChI is InChI=1S/C16H25N3O/c1-12-5-7-13(8-6-12)14(11-17)19-10-9-18(4)15(20)16(19,2)3/h5-8,14H,9-11,17H2,1-4H3. The average molecular weight is 275 g/mol. The van der Waals surface area contributed by atoms with Crippen molar-refractivity contribution in [1.29, 1.82) is 0 Å². The van der Waals surface area contributed by atoms with Crippen LogP contribution >= 0.6 is 0 Å². The largest absolute Gasteiger partial charge is 0.343 e. The molecule has 1 saturated heterocycles. The van der Waals surface area contributed by atoms with Crippen LogP contribution in [-0.4, -0.2) is 47.9 Å². The molecular formula is C16H25N3O. The summed E-state index contributed by atoms with van der Waals surface area (Å²) >= 11 is 0. The van der Waals surface area contributed by atoms with Crippen LogP contribution in [0.3, 0.4) is 0 Å². The second-order valence-electron chi connectivity index (χ2n) is 6.14. The maximum atomic E-state index is 12.4. The Balaban J connectivity index is 2.31. The van der Waals surface area contributed by atoms with Gasteiger partial charge in [0.2, 0.25) is 5.91 Å². The second-order valence-corrected chi connectivity index (χ2v) is 6.14. The smallest absolute Gasteiger partial charge is 0.242 e. The van der Waals surface area contributed by atoms with E-state index in [-0.39, 0.29) is 11.9 Å². The van der Waals surface area contributed by atoms with Crippen molar-refractivity contribution in [3.8, 4) is 0 Å². The number of rotatable bonds is 3. The number of aryl methyl sites for hydroxylation is 1. The Labute approximate surface area is 121 Å². The van der Waals surface area contributed by atoms with Gasteiger partial charge in [-0.15, -0.1) is 0 Å². The van der Waals surface area contributed by atoms with Crippen LogP contribution in [0.25, 0.3) is 0 Å². The molecule has 1 amide bonds. The lowest BCUT2D eigenvalue weighted by Crippen LogP contribution is -2.63. The van der Waals surface area contributed by atoms with Gasteiger partial charge >= 0.3 is 0 Å². The quantitative estimate of drug-likeness (QED) is 0.910. The molecule has 20 heavy (non-hydrogen) atoms. The normalized spacial score (nSPS) is 21.1. The molecule has 4 heteroatoms. The van der Waals surface area contributed by atoms with Gasteiger partial charge in [0.25, 0.3) is 0 Å². The van der Waals surface area contributed by atoms with Gasteiger partial charge < -0.3 is 10.6 Å². The number of carbonyl (C=O) groups excluding carboxylic acids is 1. The highest BCUT2D eigenvalue weighted by Crippen LogP contribution is 2.31. The summed E-state index contributed by atoms with van der Waals surface area (Å²) in [5.41, 5.74) is 7.91. The summed E-state index contributed by atoms with van der Waals surface area (Å²) in [4.78, 5) is 16.4. The van der Waals surface area contributed by atoms with Gasteiger partial charge in [0, 0.05) is 32.7 Å². The molecule has 1 unspecified atom stereocenters. The lowest BCUT2D eigenvalue weighted by molar-refractivity contribution is -0.149. The first-order chi connectivity index (χ1) is 9.37. The van der Waals surface area contributed by atoms with Crippen LogP contribution in [0.5, 0.6) is 0 Å². The third-order valence-electron chi connectivity index (χ3n) is 4.33. The zero-order chi connectivity index (χ0) is 14.9. The van der Waals surface area contributed by atoms with Crippen molar-refractivity contribution in [3.05, 3.63) is 35.4 Å². The zero-order valence-electron chi connectivity index (χ0n) is 12.9. The molecule has 1 fully saturated rings. The molecule has 0 saturated carbocycles. The lowest BCUT2D eigenvalue weighted by atomic mass is 9.92. The molecule has 1 aliphatic rings. The topological polar surface area (TPSA) is 49.6 Å². The summed E-state index contributed by atoms with van der Waals surface area (Å²) in [7, 11) is 1.87. The Morgan fingerprint density at radius 1 is 1.25 bits per heavy atom. The van der Waals surface area contributed by atoms with Gasteiger partial charge in [0.15, 0.2) is 0 Å². The van der Waals surface area contributed by atoms with E-state index in [1.54, 1.807) is 4.90 Å². The second kappa shape index (κ2) is 5.54. The molecule has 1 heterocycles. The van der Waals surface area contributed by atoms with Crippen LogP contribution in [0, 0.1) is 6.92 Å². The first-order valence-electron chi connectivity index (χ1n) is 7.17. The predicted octanol–water partition coefficient (Wildman–Crippen LogP) is 1.55. The Kier molecular flexibility index (Phi) is 4.16. The number of benzene rings is 1. The molecule has 0 bridgehead atoms. The van der Waals surface area contributed by atoms with Crippen molar-refractivity contribution in [2.24, 2.45) is 5.73 Å². The number of nitrogens with two attached hydrogens (primary N) is 1. The average Bonchev–Trinajstić information content (AvgIpc) is 2.42. The maximum Gasteiger partial charge on any atom is 0.242 e. The Bertz CT molecular complexity index is 481. The molecule has 2 N–H and O–H groups in total. The summed E-state index contributed by atoms with van der Waals surface area (Å²) in [5.74, 6) is 0.161. The van der Waals surface area contributed by atoms with Crippen LogP contribution in [0.4, 0.5) is 0 Å². The molecule has 1 atom stereocenters. The van der Waals surface area contributed by atoms with Crippen molar-refractivity contribution < 1.29 is 4.79 Å². The molecule has 0 aromatic heterocycles. The molecule has 0 radical (unpaired) electrons. The summed E-state index contributed by atoms with van der Waals surface area (Å²) < 4.78 is 0. The zero-order valence-corrected chi connectivity index (χ0v) is 12.9. The molecule has 110 valence electrons. The third-order valence-corrected chi connectivity index (χ3v) is 4.33. The van der Waals surface area contributed by atoms with E-state index >= 15 is 0 Å². The number of carbonyl (C=O) groups is 1. The summed E-state index contributed by atoms with van der Waals surface area (Å²) in [6.07, 6.45) is 0. The van der Waals surface area contributed by atoms with Gasteiger partial charge in [0.05, 0.1) is 5.54 Å². The van der Waals surface area contributed by atoms with E-state index in [9.17, 15) is 4.79 Å². The van der Waals surface area contributed by atoms with E-state index in [0.29, 0.717) is 6.54 Å². The Hall–Kier alpha value is -1.39. The van der Waals surface area contributed by atoms with Crippen molar-refractivity contribution in [2.45, 2.75) is 32.4 Å². The summed E-state index contributed by atoms with van der Waals surface area (Å²) in [6, 6.07) is 8.52. The van der Waals surface area contributed by atoms with Gasteiger partial charge in [-0.25, -0.2) is 0 Å². The Morgan fingerprint density at radius 3 is 2.40 bits per heavy atom. The van der Waals surface area contributed by atoms with Crippen LogP contribution in [0.2, 0.25) is 0 Å². The molecule has 4 nitrogen and oxygen atoms in total. The maximum absolute atomic E-state index is 12.4. The van der Waals surface area contributed by atoms with E-state index in [2.05, 4.69) is 36.1 Å². The molecule has 1 aromatic carbocycles. The molecule has 1 aromatic rings. The number of likely N-dealkylation sites (N-methyl/N-ethyl adjacent to an activating group) is 1. The minimum atomic E-state index is -0.512. The van der Waals surface area contributed by atoms with Crippen molar-refractivity contribution >= 4 is 5.91 Å². The summed E-state index contributed by atoms with van der Waals surface area (Å²) in [5, 5.41) is 0. The van der Waals surface area contributed by atoms with Gasteiger partial charge in [-0.3, -0.25) is 9.69 Å². The summed E-state index contributed by atoms with van der Waals surface area (Å²) in [6.45, 7) is 8.17. The van der Waals surface area contributed by atoms with E-state index in [4.69, 9.17) is 5.73 Å². The van der Waals surface area contributed by atoms with Crippen LogP contribution in [-0.2, 0) is 4.79 Å². The third kappa shape index (κ3) is 2.58. The fourth-order valence-electron chi connectivity index (χ4n) is 3.01. The highest BCUT2D eigenvalue weighted by molar-refractivity contribution is 5.86. The van der Waals surface area contributed by atoms with Gasteiger partial charge in [-0.1, -0.05) is 29.8 Å². The van der Waals surface area contributed by atoms with Crippen LogP contribution in [0.1, 0.15) is 31.0 Å². The number of piperazine rings is 1. The van der Waals surface area contributed by atoms with E-state index in [0.717, 1.165) is 13.1 Å². The first-order valence-corrected chi connectivity index (χ1v) is 7.17. The number of nitrogens with zero attached hydrogens (tertiary/aromatic N) is 2. The number of amides is 1. The van der Waals surface area contributed by atoms with E-state index in [1.807, 2.05) is 20.9 Å². The fraction of sp³-hybridized carbons (Fsp3) is 0.562. The van der Waals surface area contributed by atoms with Crippen molar-refractivity contribution in [3.63, 3.8) is 0 Å². The highest BCUT2D eigenvalue weighted by Gasteiger charge is 2.43. The molecule has 1 aliphatic heterocycles. The minimum Gasteiger partial charge on any atom is -0.343 e. The highest BCUT2D eigenvalue weighted by atomic mass is 16.2. The molecule has 0 spiro atoms. The van der Waals surface area contributed by atoms with Crippen LogP contribution in [0.15, 0.2) is 24.3 Å². The number of hydrogen-bond acceptors (Lipinski definition) is 3. The SMILES string of the molecule is Cc1ccc(C(CN)N2CCN(C)C(=O)C2(C)C)cc1. The van der Waals surface area contributed by atoms with Crippen LogP contribution < -0.4 is 5.73 Å². The fourth-order valence-corrected chi connectivity index (χ4v) is 3.01. The van der Waals surface area contributed by atoms with Gasteiger partial charge in [0.1, 0.15) is 0 Å². The van der Waals surface area contributed by atoms with E-state index in [1.165, 1.54) is 11.1 Å². The molecule has 2 rings (SSSR count). The first kappa shape index (κ1) is 15.0. The lowest BCUT2D eigenvalue weighted by Gasteiger charge is -2.48. The van der Waals surface area contributed by atoms with Gasteiger partial charge in [-0.05, 0) is 26.3 Å². The van der Waals surface area contributed by atoms with Crippen molar-refractivity contribution in [1.82, 2.24) is 9.80 Å². The van der Waals surface area contributed by atoms with E-state index < -0.39 is 5.54 Å². The predicted molar refractivity (Wildman–Crippen MR) is 81.4 cm³/mol. The van der Waals surface area contributed by atoms with Gasteiger partial charge in [-0.2, -0.15) is 0 Å². The minimum absolute atomic E-state index is 0.0863.